The Morgan fingerprint density at radius 2 is 1.64 bits per heavy atom. The van der Waals surface area contributed by atoms with Crippen molar-refractivity contribution in [2.45, 2.75) is 20.5 Å². The predicted molar refractivity (Wildman–Crippen MR) is 106 cm³/mol. The van der Waals surface area contributed by atoms with Crippen LogP contribution in [-0.2, 0) is 11.4 Å². The summed E-state index contributed by atoms with van der Waals surface area (Å²) >= 11 is 0. The number of benzene rings is 2. The molecule has 3 rings (SSSR count). The quantitative estimate of drug-likeness (QED) is 0.654. The van der Waals surface area contributed by atoms with Crippen LogP contribution in [0.1, 0.15) is 27.4 Å². The van der Waals surface area contributed by atoms with Crippen LogP contribution in [0.5, 0.6) is 5.75 Å². The number of hydrogen-bond acceptors (Lipinski definition) is 4. The molecule has 0 radical (unpaired) electrons. The van der Waals surface area contributed by atoms with Crippen LogP contribution >= 0.6 is 0 Å². The van der Waals surface area contributed by atoms with E-state index in [1.54, 1.807) is 12.1 Å². The summed E-state index contributed by atoms with van der Waals surface area (Å²) in [6, 6.07) is 18.3. The molecule has 28 heavy (non-hydrogen) atoms. The molecule has 0 aliphatic heterocycles. The molecule has 1 aromatic heterocycles. The van der Waals surface area contributed by atoms with Gasteiger partial charge in [-0.3, -0.25) is 9.59 Å². The summed E-state index contributed by atoms with van der Waals surface area (Å²) < 4.78 is 11.2. The number of rotatable bonds is 7. The second-order valence-corrected chi connectivity index (χ2v) is 6.37. The van der Waals surface area contributed by atoms with Crippen molar-refractivity contribution in [1.82, 2.24) is 5.32 Å². The van der Waals surface area contributed by atoms with Gasteiger partial charge in [0.05, 0.1) is 6.54 Å². The van der Waals surface area contributed by atoms with E-state index in [0.717, 1.165) is 22.6 Å². The molecule has 0 fully saturated rings. The van der Waals surface area contributed by atoms with Crippen molar-refractivity contribution in [2.75, 3.05) is 11.9 Å². The van der Waals surface area contributed by atoms with E-state index >= 15 is 0 Å². The van der Waals surface area contributed by atoms with E-state index in [4.69, 9.17) is 9.15 Å². The monoisotopic (exact) mass is 378 g/mol. The van der Waals surface area contributed by atoms with Crippen LogP contribution in [0.2, 0.25) is 0 Å². The lowest BCUT2D eigenvalue weighted by molar-refractivity contribution is -0.115. The molecule has 0 saturated heterocycles. The van der Waals surface area contributed by atoms with Gasteiger partial charge in [0, 0.05) is 5.69 Å². The van der Waals surface area contributed by atoms with Gasteiger partial charge in [-0.15, -0.1) is 0 Å². The lowest BCUT2D eigenvalue weighted by Crippen LogP contribution is -2.32. The molecule has 2 N–H and O–H groups in total. The second kappa shape index (κ2) is 8.90. The third-order valence-electron chi connectivity index (χ3n) is 4.18. The Balaban J connectivity index is 1.49. The summed E-state index contributed by atoms with van der Waals surface area (Å²) in [5.74, 6) is 0.655. The lowest BCUT2D eigenvalue weighted by atomic mass is 10.2. The van der Waals surface area contributed by atoms with Gasteiger partial charge in [0.15, 0.2) is 5.76 Å². The molecule has 144 valence electrons. The van der Waals surface area contributed by atoms with Crippen molar-refractivity contribution in [1.29, 1.82) is 0 Å². The van der Waals surface area contributed by atoms with E-state index < -0.39 is 5.91 Å². The molecule has 0 spiro atoms. The average molecular weight is 378 g/mol. The summed E-state index contributed by atoms with van der Waals surface area (Å²) in [7, 11) is 0. The highest BCUT2D eigenvalue weighted by Gasteiger charge is 2.13. The van der Waals surface area contributed by atoms with Crippen LogP contribution in [0.25, 0.3) is 0 Å². The first-order chi connectivity index (χ1) is 13.5. The fourth-order valence-corrected chi connectivity index (χ4v) is 2.60. The SMILES string of the molecule is Cc1ccccc1NC(=O)CNC(=O)c1ccc(COc2ccccc2C)o1. The average Bonchev–Trinajstić information content (AvgIpc) is 3.16. The minimum absolute atomic E-state index is 0.132. The number of hydrogen-bond donors (Lipinski definition) is 2. The topological polar surface area (TPSA) is 80.6 Å². The third-order valence-corrected chi connectivity index (χ3v) is 4.18. The van der Waals surface area contributed by atoms with Crippen molar-refractivity contribution in [3.05, 3.63) is 83.3 Å². The van der Waals surface area contributed by atoms with E-state index in [1.807, 2.05) is 62.4 Å². The predicted octanol–water partition coefficient (Wildman–Crippen LogP) is 3.84. The first-order valence-corrected chi connectivity index (χ1v) is 8.94. The van der Waals surface area contributed by atoms with Crippen molar-refractivity contribution >= 4 is 17.5 Å². The van der Waals surface area contributed by atoms with Gasteiger partial charge in [0.25, 0.3) is 5.91 Å². The van der Waals surface area contributed by atoms with Gasteiger partial charge in [0.2, 0.25) is 5.91 Å². The highest BCUT2D eigenvalue weighted by atomic mass is 16.5. The fraction of sp³-hybridized carbons (Fsp3) is 0.182. The Morgan fingerprint density at radius 3 is 2.39 bits per heavy atom. The smallest absolute Gasteiger partial charge is 0.287 e. The number of aryl methyl sites for hydroxylation is 2. The highest BCUT2D eigenvalue weighted by Crippen LogP contribution is 2.18. The van der Waals surface area contributed by atoms with Gasteiger partial charge < -0.3 is 19.8 Å². The molecular formula is C22H22N2O4. The van der Waals surface area contributed by atoms with Crippen molar-refractivity contribution in [3.63, 3.8) is 0 Å². The third kappa shape index (κ3) is 5.01. The van der Waals surface area contributed by atoms with E-state index in [9.17, 15) is 9.59 Å². The lowest BCUT2D eigenvalue weighted by Gasteiger charge is -2.08. The molecular weight excluding hydrogens is 356 g/mol. The molecule has 0 atom stereocenters. The Bertz CT molecular complexity index is 978. The van der Waals surface area contributed by atoms with Crippen molar-refractivity contribution in [2.24, 2.45) is 0 Å². The van der Waals surface area contributed by atoms with Crippen LogP contribution in [0.15, 0.2) is 65.1 Å². The standard InChI is InChI=1S/C22H22N2O4/c1-15-7-3-5-9-18(15)24-21(25)13-23-22(26)20-12-11-17(28-20)14-27-19-10-6-4-8-16(19)2/h3-12H,13-14H2,1-2H3,(H,23,26)(H,24,25). The largest absolute Gasteiger partial charge is 0.485 e. The number of carbonyl (C=O) groups excluding carboxylic acids is 2. The van der Waals surface area contributed by atoms with Gasteiger partial charge in [-0.05, 0) is 49.2 Å². The first-order valence-electron chi connectivity index (χ1n) is 8.94. The van der Waals surface area contributed by atoms with Crippen LogP contribution in [0, 0.1) is 13.8 Å². The molecule has 0 aliphatic rings. The molecule has 0 unspecified atom stereocenters. The number of anilines is 1. The van der Waals surface area contributed by atoms with Gasteiger partial charge in [0.1, 0.15) is 18.1 Å². The summed E-state index contributed by atoms with van der Waals surface area (Å²) in [5.41, 5.74) is 2.69. The fourth-order valence-electron chi connectivity index (χ4n) is 2.60. The first kappa shape index (κ1) is 19.2. The number of carbonyl (C=O) groups is 2. The molecule has 1 heterocycles. The molecule has 0 bridgehead atoms. The summed E-state index contributed by atoms with van der Waals surface area (Å²) in [6.07, 6.45) is 0. The Labute approximate surface area is 163 Å². The van der Waals surface area contributed by atoms with Crippen molar-refractivity contribution in [3.8, 4) is 5.75 Å². The molecule has 0 aliphatic carbocycles. The van der Waals surface area contributed by atoms with Crippen LogP contribution in [0.4, 0.5) is 5.69 Å². The minimum Gasteiger partial charge on any atom is -0.485 e. The molecule has 2 amide bonds. The second-order valence-electron chi connectivity index (χ2n) is 6.37. The van der Waals surface area contributed by atoms with E-state index in [-0.39, 0.29) is 24.8 Å². The molecule has 6 nitrogen and oxygen atoms in total. The number of furan rings is 1. The molecule has 3 aromatic rings. The summed E-state index contributed by atoms with van der Waals surface area (Å²) in [4.78, 5) is 24.2. The Hall–Kier alpha value is -3.54. The zero-order valence-electron chi connectivity index (χ0n) is 15.8. The van der Waals surface area contributed by atoms with E-state index in [0.29, 0.717) is 5.76 Å². The van der Waals surface area contributed by atoms with Gasteiger partial charge in [-0.25, -0.2) is 0 Å². The van der Waals surface area contributed by atoms with Gasteiger partial charge in [-0.2, -0.15) is 0 Å². The van der Waals surface area contributed by atoms with E-state index in [2.05, 4.69) is 10.6 Å². The van der Waals surface area contributed by atoms with Crippen LogP contribution < -0.4 is 15.4 Å². The Kier molecular flexibility index (Phi) is 6.11. The minimum atomic E-state index is -0.456. The Morgan fingerprint density at radius 1 is 0.929 bits per heavy atom. The van der Waals surface area contributed by atoms with Gasteiger partial charge in [-0.1, -0.05) is 36.4 Å². The number of nitrogens with one attached hydrogen (secondary N) is 2. The normalized spacial score (nSPS) is 10.4. The zero-order chi connectivity index (χ0) is 19.9. The van der Waals surface area contributed by atoms with Crippen LogP contribution in [-0.4, -0.2) is 18.4 Å². The summed E-state index contributed by atoms with van der Waals surface area (Å²) in [6.45, 7) is 3.92. The highest BCUT2D eigenvalue weighted by molar-refractivity contribution is 5.98. The van der Waals surface area contributed by atoms with E-state index in [1.165, 1.54) is 0 Å². The molecule has 0 saturated carbocycles. The maximum absolute atomic E-state index is 12.2. The maximum Gasteiger partial charge on any atom is 0.287 e. The molecule has 2 aromatic carbocycles. The number of para-hydroxylation sites is 2. The zero-order valence-corrected chi connectivity index (χ0v) is 15.8. The van der Waals surface area contributed by atoms with Crippen LogP contribution in [0.3, 0.4) is 0 Å². The summed E-state index contributed by atoms with van der Waals surface area (Å²) in [5, 5.41) is 5.31. The van der Waals surface area contributed by atoms with Gasteiger partial charge >= 0.3 is 0 Å². The van der Waals surface area contributed by atoms with Crippen molar-refractivity contribution < 1.29 is 18.7 Å². The maximum atomic E-state index is 12.2. The number of ether oxygens (including phenoxy) is 1. The molecule has 6 heteroatoms. The number of amides is 2.